The van der Waals surface area contributed by atoms with Crippen LogP contribution in [-0.4, -0.2) is 33.7 Å². The van der Waals surface area contributed by atoms with Gasteiger partial charge in [0.15, 0.2) is 0 Å². The van der Waals surface area contributed by atoms with E-state index >= 15 is 0 Å². The second-order valence-electron chi connectivity index (χ2n) is 6.42. The van der Waals surface area contributed by atoms with Gasteiger partial charge in [0.2, 0.25) is 5.91 Å². The first kappa shape index (κ1) is 16.1. The molecule has 3 N–H and O–H groups in total. The number of rotatable bonds is 4. The molecule has 0 saturated carbocycles. The number of aryl methyl sites for hydroxylation is 1. The highest BCUT2D eigenvalue weighted by Gasteiger charge is 2.48. The number of urea groups is 1. The topological polar surface area (TPSA) is 86.9 Å². The fourth-order valence-corrected chi connectivity index (χ4v) is 5.17. The summed E-state index contributed by atoms with van der Waals surface area (Å²) in [7, 11) is 0. The Morgan fingerprint density at radius 1 is 1.40 bits per heavy atom. The van der Waals surface area contributed by atoms with Gasteiger partial charge < -0.3 is 10.6 Å². The van der Waals surface area contributed by atoms with Gasteiger partial charge in [0.25, 0.3) is 0 Å². The second-order valence-corrected chi connectivity index (χ2v) is 7.51. The minimum absolute atomic E-state index is 0.0642. The molecule has 6 nitrogen and oxygen atoms in total. The molecule has 2 aliphatic rings. The largest absolute Gasteiger partial charge is 0.370 e. The van der Waals surface area contributed by atoms with E-state index in [0.717, 1.165) is 32.4 Å². The molecule has 1 fully saturated rings. The maximum Gasteiger partial charge on any atom is 0.345 e. The smallest absolute Gasteiger partial charge is 0.345 e. The molecular formula is C18H19N3O3S. The molecule has 0 spiro atoms. The third-order valence-electron chi connectivity index (χ3n) is 4.99. The first-order valence-corrected chi connectivity index (χ1v) is 9.11. The molecule has 3 heterocycles. The summed E-state index contributed by atoms with van der Waals surface area (Å²) in [6, 6.07) is 9.01. The molecule has 2 aliphatic heterocycles. The van der Waals surface area contributed by atoms with E-state index in [2.05, 4.69) is 19.1 Å². The van der Waals surface area contributed by atoms with Gasteiger partial charge in [0, 0.05) is 9.75 Å². The first-order valence-electron chi connectivity index (χ1n) is 8.30. The lowest BCUT2D eigenvalue weighted by Gasteiger charge is -2.29. The Bertz CT molecular complexity index is 863. The van der Waals surface area contributed by atoms with Crippen LogP contribution < -0.4 is 5.73 Å². The second kappa shape index (κ2) is 5.86. The zero-order valence-electron chi connectivity index (χ0n) is 13.8. The summed E-state index contributed by atoms with van der Waals surface area (Å²) in [6.45, 7) is 2.50. The Hall–Kier alpha value is -2.38. The SMILES string of the molecule is CCc1ccccc1-c1cc2c(s1)[C@@H](CC(N)=O)N1C[C@H]2N(O)C1=O. The van der Waals surface area contributed by atoms with Crippen molar-refractivity contribution in [1.29, 1.82) is 0 Å². The van der Waals surface area contributed by atoms with Gasteiger partial charge in [-0.25, -0.2) is 4.79 Å². The summed E-state index contributed by atoms with van der Waals surface area (Å²) in [5.41, 5.74) is 8.73. The number of primary amides is 1. The number of hydrogen-bond acceptors (Lipinski definition) is 4. The highest BCUT2D eigenvalue weighted by molar-refractivity contribution is 7.15. The van der Waals surface area contributed by atoms with Crippen molar-refractivity contribution >= 4 is 23.3 Å². The fraction of sp³-hybridized carbons (Fsp3) is 0.333. The van der Waals surface area contributed by atoms with E-state index in [0.29, 0.717) is 6.54 Å². The van der Waals surface area contributed by atoms with Crippen LogP contribution in [0.1, 0.15) is 41.4 Å². The molecule has 1 saturated heterocycles. The lowest BCUT2D eigenvalue weighted by atomic mass is 9.96. The Labute approximate surface area is 149 Å². The average Bonchev–Trinajstić information content (AvgIpc) is 3.15. The molecule has 0 unspecified atom stereocenters. The van der Waals surface area contributed by atoms with E-state index in [1.54, 1.807) is 16.2 Å². The van der Waals surface area contributed by atoms with Crippen LogP contribution in [0.25, 0.3) is 10.4 Å². The fourth-order valence-electron chi connectivity index (χ4n) is 3.77. The zero-order valence-corrected chi connectivity index (χ0v) is 14.6. The van der Waals surface area contributed by atoms with E-state index in [9.17, 15) is 14.8 Å². The maximum atomic E-state index is 12.3. The van der Waals surface area contributed by atoms with Gasteiger partial charge in [-0.1, -0.05) is 31.2 Å². The minimum atomic E-state index is -0.463. The number of hydrogen-bond donors (Lipinski definition) is 2. The molecule has 2 bridgehead atoms. The third-order valence-corrected chi connectivity index (χ3v) is 6.28. The predicted molar refractivity (Wildman–Crippen MR) is 94.2 cm³/mol. The zero-order chi connectivity index (χ0) is 17.7. The number of fused-ring (bicyclic) bond motifs is 4. The normalized spacial score (nSPS) is 21.6. The molecule has 1 aromatic carbocycles. The van der Waals surface area contributed by atoms with Crippen LogP contribution in [0, 0.1) is 0 Å². The van der Waals surface area contributed by atoms with Crippen molar-refractivity contribution in [3.8, 4) is 10.4 Å². The van der Waals surface area contributed by atoms with Crippen LogP contribution in [0.15, 0.2) is 30.3 Å². The quantitative estimate of drug-likeness (QED) is 0.825. The molecule has 0 aliphatic carbocycles. The van der Waals surface area contributed by atoms with Crippen molar-refractivity contribution in [2.24, 2.45) is 5.73 Å². The summed E-state index contributed by atoms with van der Waals surface area (Å²) >= 11 is 1.58. The van der Waals surface area contributed by atoms with Crippen LogP contribution in [0.5, 0.6) is 0 Å². The van der Waals surface area contributed by atoms with Crippen molar-refractivity contribution in [2.45, 2.75) is 31.8 Å². The number of amides is 3. The molecule has 2 atom stereocenters. The Balaban J connectivity index is 1.84. The van der Waals surface area contributed by atoms with Crippen LogP contribution in [0.3, 0.4) is 0 Å². The van der Waals surface area contributed by atoms with Gasteiger partial charge in [-0.2, -0.15) is 5.06 Å². The van der Waals surface area contributed by atoms with Gasteiger partial charge in [-0.3, -0.25) is 10.0 Å². The number of nitrogens with zero attached hydrogens (tertiary/aromatic N) is 2. The molecule has 1 aromatic heterocycles. The monoisotopic (exact) mass is 357 g/mol. The van der Waals surface area contributed by atoms with E-state index in [4.69, 9.17) is 5.73 Å². The lowest BCUT2D eigenvalue weighted by Crippen LogP contribution is -2.35. The van der Waals surface area contributed by atoms with E-state index < -0.39 is 18.0 Å². The van der Waals surface area contributed by atoms with Gasteiger partial charge in [-0.15, -0.1) is 11.3 Å². The van der Waals surface area contributed by atoms with E-state index in [1.807, 2.05) is 18.2 Å². The predicted octanol–water partition coefficient (Wildman–Crippen LogP) is 3.08. The number of nitrogens with two attached hydrogens (primary N) is 1. The summed E-state index contributed by atoms with van der Waals surface area (Å²) < 4.78 is 0. The number of carbonyl (C=O) groups is 2. The molecule has 25 heavy (non-hydrogen) atoms. The highest BCUT2D eigenvalue weighted by atomic mass is 32.1. The maximum absolute atomic E-state index is 12.3. The summed E-state index contributed by atoms with van der Waals surface area (Å²) in [5, 5.41) is 11.0. The van der Waals surface area contributed by atoms with Crippen molar-refractivity contribution in [1.82, 2.24) is 9.96 Å². The van der Waals surface area contributed by atoms with Gasteiger partial charge >= 0.3 is 6.03 Å². The molecule has 7 heteroatoms. The molecule has 3 amide bonds. The highest BCUT2D eigenvalue weighted by Crippen LogP contribution is 2.50. The average molecular weight is 357 g/mol. The van der Waals surface area contributed by atoms with Crippen molar-refractivity contribution in [2.75, 3.05) is 6.54 Å². The number of benzene rings is 1. The number of thiophene rings is 1. The Morgan fingerprint density at radius 3 is 2.88 bits per heavy atom. The summed E-state index contributed by atoms with van der Waals surface area (Å²) in [4.78, 5) is 27.4. The molecule has 130 valence electrons. The van der Waals surface area contributed by atoms with Gasteiger partial charge in [0.1, 0.15) is 6.04 Å². The Kier molecular flexibility index (Phi) is 3.77. The summed E-state index contributed by atoms with van der Waals surface area (Å²) in [6.07, 6.45) is 0.984. The van der Waals surface area contributed by atoms with E-state index in [1.165, 1.54) is 5.56 Å². The van der Waals surface area contributed by atoms with Gasteiger partial charge in [0.05, 0.1) is 19.0 Å². The van der Waals surface area contributed by atoms with Crippen molar-refractivity contribution in [3.63, 3.8) is 0 Å². The van der Waals surface area contributed by atoms with Crippen LogP contribution in [-0.2, 0) is 11.2 Å². The minimum Gasteiger partial charge on any atom is -0.370 e. The van der Waals surface area contributed by atoms with Crippen LogP contribution in [0.2, 0.25) is 0 Å². The van der Waals surface area contributed by atoms with Crippen molar-refractivity contribution in [3.05, 3.63) is 46.3 Å². The summed E-state index contributed by atoms with van der Waals surface area (Å²) in [5.74, 6) is -0.456. The number of hydroxylamine groups is 2. The van der Waals surface area contributed by atoms with E-state index in [-0.39, 0.29) is 12.5 Å². The molecule has 2 aromatic rings. The molecular weight excluding hydrogens is 338 g/mol. The molecule has 0 radical (unpaired) electrons. The number of carbonyl (C=O) groups excluding carboxylic acids is 2. The van der Waals surface area contributed by atoms with Crippen LogP contribution in [0.4, 0.5) is 4.79 Å². The third kappa shape index (κ3) is 2.42. The van der Waals surface area contributed by atoms with Crippen LogP contribution >= 0.6 is 11.3 Å². The lowest BCUT2D eigenvalue weighted by molar-refractivity contribution is -0.119. The Morgan fingerprint density at radius 2 is 2.16 bits per heavy atom. The molecule has 4 rings (SSSR count). The van der Waals surface area contributed by atoms with Crippen molar-refractivity contribution < 1.29 is 14.8 Å². The first-order chi connectivity index (χ1) is 12.0. The van der Waals surface area contributed by atoms with Gasteiger partial charge in [-0.05, 0) is 29.2 Å². The standard InChI is InChI=1S/C18H19N3O3S/c1-2-10-5-3-4-6-11(10)15-7-12-14-9-20(18(23)21(14)24)13(8-16(19)22)17(12)25-15/h3-7,13-14,24H,2,8-9H2,1H3,(H2,19,22)/t13-,14-/m1/s1.